The van der Waals surface area contributed by atoms with Gasteiger partial charge in [0.25, 0.3) is 0 Å². The summed E-state index contributed by atoms with van der Waals surface area (Å²) in [5.74, 6) is 2.97. The van der Waals surface area contributed by atoms with Gasteiger partial charge in [0, 0.05) is 25.2 Å². The Balaban J connectivity index is 1.32. The molecule has 0 amide bonds. The molecule has 4 heterocycles. The second-order valence-electron chi connectivity index (χ2n) is 6.71. The molecule has 5 rings (SSSR count). The highest BCUT2D eigenvalue weighted by Crippen LogP contribution is 2.36. The van der Waals surface area contributed by atoms with Gasteiger partial charge in [-0.15, -0.1) is 10.2 Å². The number of para-hydroxylation sites is 2. The lowest BCUT2D eigenvalue weighted by molar-refractivity contribution is 0.0825. The van der Waals surface area contributed by atoms with Gasteiger partial charge in [-0.1, -0.05) is 30.0 Å². The SMILES string of the molecule is Cc1cccn2cc(CSc3nnc([C@@H]4COc5ccccc5O4)n3C)nc12. The molecule has 4 aromatic rings. The molecule has 1 atom stereocenters. The number of nitrogens with zero attached hydrogens (tertiary/aromatic N) is 5. The first-order valence-corrected chi connectivity index (χ1v) is 10.0. The van der Waals surface area contributed by atoms with Crippen LogP contribution >= 0.6 is 11.8 Å². The predicted molar refractivity (Wildman–Crippen MR) is 106 cm³/mol. The molecule has 0 bridgehead atoms. The third-order valence-electron chi connectivity index (χ3n) is 4.74. The molecule has 0 fully saturated rings. The molecule has 1 aliphatic rings. The van der Waals surface area contributed by atoms with Crippen molar-refractivity contribution in [2.75, 3.05) is 6.61 Å². The lowest BCUT2D eigenvalue weighted by Crippen LogP contribution is -2.24. The summed E-state index contributed by atoms with van der Waals surface area (Å²) in [7, 11) is 1.95. The van der Waals surface area contributed by atoms with E-state index in [4.69, 9.17) is 14.5 Å². The van der Waals surface area contributed by atoms with Gasteiger partial charge in [-0.25, -0.2) is 4.98 Å². The van der Waals surface area contributed by atoms with Gasteiger partial charge in [-0.3, -0.25) is 0 Å². The minimum atomic E-state index is -0.278. The summed E-state index contributed by atoms with van der Waals surface area (Å²) in [5, 5.41) is 9.51. The number of aromatic nitrogens is 5. The lowest BCUT2D eigenvalue weighted by atomic mass is 10.2. The number of hydrogen-bond donors (Lipinski definition) is 0. The van der Waals surface area contributed by atoms with Crippen LogP contribution < -0.4 is 9.47 Å². The lowest BCUT2D eigenvalue weighted by Gasteiger charge is -2.25. The van der Waals surface area contributed by atoms with E-state index < -0.39 is 0 Å². The van der Waals surface area contributed by atoms with E-state index in [-0.39, 0.29) is 6.10 Å². The first-order chi connectivity index (χ1) is 13.7. The number of thioether (sulfide) groups is 1. The summed E-state index contributed by atoms with van der Waals surface area (Å²) in [6, 6.07) is 11.8. The van der Waals surface area contributed by atoms with E-state index >= 15 is 0 Å². The number of hydrogen-bond acceptors (Lipinski definition) is 6. The maximum Gasteiger partial charge on any atom is 0.192 e. The Bertz CT molecular complexity index is 1150. The molecule has 8 heteroatoms. The molecular weight excluding hydrogens is 374 g/mol. The molecule has 3 aromatic heterocycles. The van der Waals surface area contributed by atoms with Gasteiger partial charge in [0.2, 0.25) is 0 Å². The van der Waals surface area contributed by atoms with Crippen molar-refractivity contribution in [3.63, 3.8) is 0 Å². The molecule has 0 aliphatic carbocycles. The fourth-order valence-electron chi connectivity index (χ4n) is 3.29. The number of imidazole rings is 1. The summed E-state index contributed by atoms with van der Waals surface area (Å²) in [5.41, 5.74) is 3.16. The zero-order chi connectivity index (χ0) is 19.1. The van der Waals surface area contributed by atoms with Crippen LogP contribution in [-0.4, -0.2) is 30.8 Å². The third-order valence-corrected chi connectivity index (χ3v) is 5.80. The molecule has 1 aliphatic heterocycles. The average Bonchev–Trinajstić information content (AvgIpc) is 3.30. The van der Waals surface area contributed by atoms with Gasteiger partial charge in [0.1, 0.15) is 12.3 Å². The first kappa shape index (κ1) is 17.1. The van der Waals surface area contributed by atoms with Crippen molar-refractivity contribution in [1.29, 1.82) is 0 Å². The minimum Gasteiger partial charge on any atom is -0.485 e. The summed E-state index contributed by atoms with van der Waals surface area (Å²) in [6.07, 6.45) is 3.80. The van der Waals surface area contributed by atoms with Crippen LogP contribution in [-0.2, 0) is 12.8 Å². The van der Waals surface area contributed by atoms with Gasteiger partial charge in [0.05, 0.1) is 5.69 Å². The van der Waals surface area contributed by atoms with Gasteiger partial charge in [0.15, 0.2) is 28.6 Å². The van der Waals surface area contributed by atoms with Crippen LogP contribution in [0.3, 0.4) is 0 Å². The van der Waals surface area contributed by atoms with Crippen molar-refractivity contribution in [3.8, 4) is 11.5 Å². The zero-order valence-electron chi connectivity index (χ0n) is 15.6. The molecule has 0 spiro atoms. The summed E-state index contributed by atoms with van der Waals surface area (Å²) in [6.45, 7) is 2.48. The van der Waals surface area contributed by atoms with Crippen LogP contribution in [0.2, 0.25) is 0 Å². The topological polar surface area (TPSA) is 66.5 Å². The molecular formula is C20H19N5O2S. The standard InChI is InChI=1S/C20H19N5O2S/c1-13-6-5-9-25-10-14(21-18(13)25)12-28-20-23-22-19(24(20)2)17-11-26-15-7-3-4-8-16(15)27-17/h3-10,17H,11-12H2,1-2H3/t17-/m0/s1. The van der Waals surface area contributed by atoms with E-state index in [1.807, 2.05) is 48.1 Å². The highest BCUT2D eigenvalue weighted by Gasteiger charge is 2.27. The van der Waals surface area contributed by atoms with Crippen LogP contribution in [0.25, 0.3) is 5.65 Å². The van der Waals surface area contributed by atoms with E-state index in [1.54, 1.807) is 11.8 Å². The number of pyridine rings is 1. The van der Waals surface area contributed by atoms with E-state index in [9.17, 15) is 0 Å². The maximum absolute atomic E-state index is 6.05. The number of fused-ring (bicyclic) bond motifs is 2. The van der Waals surface area contributed by atoms with Crippen LogP contribution in [0.5, 0.6) is 11.5 Å². The second-order valence-corrected chi connectivity index (χ2v) is 7.65. The molecule has 7 nitrogen and oxygen atoms in total. The molecule has 0 radical (unpaired) electrons. The smallest absolute Gasteiger partial charge is 0.192 e. The minimum absolute atomic E-state index is 0.278. The normalized spacial score (nSPS) is 15.9. The van der Waals surface area contributed by atoms with E-state index in [0.29, 0.717) is 6.61 Å². The highest BCUT2D eigenvalue weighted by atomic mass is 32.2. The maximum atomic E-state index is 6.05. The number of benzene rings is 1. The Hall–Kier alpha value is -3.00. The average molecular weight is 393 g/mol. The first-order valence-electron chi connectivity index (χ1n) is 9.03. The Morgan fingerprint density at radius 1 is 1.14 bits per heavy atom. The van der Waals surface area contributed by atoms with E-state index in [2.05, 4.69) is 33.8 Å². The summed E-state index contributed by atoms with van der Waals surface area (Å²) in [4.78, 5) is 4.72. The Kier molecular flexibility index (Phi) is 4.20. The Morgan fingerprint density at radius 2 is 2.00 bits per heavy atom. The molecule has 0 saturated heterocycles. The number of aryl methyl sites for hydroxylation is 1. The molecule has 0 unspecified atom stereocenters. The van der Waals surface area contributed by atoms with Crippen LogP contribution in [0, 0.1) is 6.92 Å². The highest BCUT2D eigenvalue weighted by molar-refractivity contribution is 7.98. The Morgan fingerprint density at radius 3 is 2.86 bits per heavy atom. The van der Waals surface area contributed by atoms with Crippen LogP contribution in [0.1, 0.15) is 23.2 Å². The zero-order valence-corrected chi connectivity index (χ0v) is 16.4. The number of rotatable bonds is 4. The molecule has 0 N–H and O–H groups in total. The van der Waals surface area contributed by atoms with Gasteiger partial charge in [-0.05, 0) is 30.7 Å². The van der Waals surface area contributed by atoms with Gasteiger partial charge < -0.3 is 18.4 Å². The van der Waals surface area contributed by atoms with Crippen molar-refractivity contribution in [1.82, 2.24) is 24.1 Å². The Labute approximate surface area is 166 Å². The fraction of sp³-hybridized carbons (Fsp3) is 0.250. The summed E-state index contributed by atoms with van der Waals surface area (Å²) >= 11 is 1.61. The van der Waals surface area contributed by atoms with Gasteiger partial charge in [-0.2, -0.15) is 0 Å². The van der Waals surface area contributed by atoms with Crippen LogP contribution in [0.4, 0.5) is 0 Å². The van der Waals surface area contributed by atoms with Crippen molar-refractivity contribution >= 4 is 17.4 Å². The van der Waals surface area contributed by atoms with Crippen molar-refractivity contribution in [2.24, 2.45) is 7.05 Å². The van der Waals surface area contributed by atoms with Gasteiger partial charge >= 0.3 is 0 Å². The van der Waals surface area contributed by atoms with Crippen LogP contribution in [0.15, 0.2) is 53.9 Å². The molecule has 0 saturated carbocycles. The van der Waals surface area contributed by atoms with Crippen molar-refractivity contribution in [3.05, 3.63) is 65.9 Å². The predicted octanol–water partition coefficient (Wildman–Crippen LogP) is 3.58. The third kappa shape index (κ3) is 2.99. The van der Waals surface area contributed by atoms with Crippen molar-refractivity contribution < 1.29 is 9.47 Å². The fourth-order valence-corrected chi connectivity index (χ4v) is 4.09. The van der Waals surface area contributed by atoms with E-state index in [1.165, 1.54) is 0 Å². The quantitative estimate of drug-likeness (QED) is 0.494. The summed E-state index contributed by atoms with van der Waals surface area (Å²) < 4.78 is 15.9. The largest absolute Gasteiger partial charge is 0.485 e. The monoisotopic (exact) mass is 393 g/mol. The molecule has 1 aromatic carbocycles. The molecule has 142 valence electrons. The molecule has 28 heavy (non-hydrogen) atoms. The van der Waals surface area contributed by atoms with E-state index in [0.717, 1.165) is 45.1 Å². The second kappa shape index (κ2) is 6.87. The van der Waals surface area contributed by atoms with Crippen molar-refractivity contribution in [2.45, 2.75) is 23.9 Å². The number of ether oxygens (including phenoxy) is 2.